The van der Waals surface area contributed by atoms with Crippen molar-refractivity contribution in [1.29, 1.82) is 0 Å². The van der Waals surface area contributed by atoms with E-state index in [9.17, 15) is 0 Å². The highest BCUT2D eigenvalue weighted by atomic mass is 16.5. The molecule has 0 spiro atoms. The maximum atomic E-state index is 5.32. The molecule has 2 aromatic carbocycles. The zero-order chi connectivity index (χ0) is 18.5. The molecule has 1 heterocycles. The zero-order valence-electron chi connectivity index (χ0n) is 15.9. The predicted octanol–water partition coefficient (Wildman–Crippen LogP) is 4.50. The van der Waals surface area contributed by atoms with Crippen LogP contribution >= 0.6 is 0 Å². The van der Waals surface area contributed by atoms with Crippen molar-refractivity contribution in [2.24, 2.45) is 0 Å². The van der Waals surface area contributed by atoms with Crippen molar-refractivity contribution in [3.63, 3.8) is 0 Å². The minimum atomic E-state index is 0.0497. The Kier molecular flexibility index (Phi) is 5.26. The Bertz CT molecular complexity index is 849. The molecule has 0 unspecified atom stereocenters. The van der Waals surface area contributed by atoms with Crippen LogP contribution in [0.5, 0.6) is 5.75 Å². The Morgan fingerprint density at radius 2 is 1.78 bits per heavy atom. The highest BCUT2D eigenvalue weighted by Crippen LogP contribution is 2.39. The summed E-state index contributed by atoms with van der Waals surface area (Å²) in [7, 11) is 1.71. The Morgan fingerprint density at radius 1 is 1.04 bits per heavy atom. The average molecular weight is 361 g/mol. The summed E-state index contributed by atoms with van der Waals surface area (Å²) >= 11 is 0. The molecule has 0 aliphatic heterocycles. The van der Waals surface area contributed by atoms with Gasteiger partial charge in [0.05, 0.1) is 19.1 Å². The minimum absolute atomic E-state index is 0.0497. The summed E-state index contributed by atoms with van der Waals surface area (Å²) in [5.41, 5.74) is 3.92. The zero-order valence-corrected chi connectivity index (χ0v) is 15.9. The maximum absolute atomic E-state index is 5.32. The molecule has 140 valence electrons. The van der Waals surface area contributed by atoms with Crippen LogP contribution in [-0.4, -0.2) is 16.7 Å². The Balaban J connectivity index is 1.50. The van der Waals surface area contributed by atoms with E-state index in [2.05, 4.69) is 69.5 Å². The van der Waals surface area contributed by atoms with Gasteiger partial charge in [-0.1, -0.05) is 55.3 Å². The first kappa shape index (κ1) is 17.8. The number of rotatable bonds is 7. The molecule has 1 saturated carbocycles. The van der Waals surface area contributed by atoms with Crippen LogP contribution in [0.3, 0.4) is 0 Å². The number of aromatic nitrogens is 2. The van der Waals surface area contributed by atoms with Gasteiger partial charge in [0.2, 0.25) is 0 Å². The molecule has 27 heavy (non-hydrogen) atoms. The fraction of sp³-hybridized carbons (Fsp3) is 0.348. The lowest BCUT2D eigenvalue weighted by atomic mass is 9.88. The number of ether oxygens (including phenoxy) is 1. The summed E-state index contributed by atoms with van der Waals surface area (Å²) < 4.78 is 7.56. The van der Waals surface area contributed by atoms with Crippen LogP contribution in [0.4, 0.5) is 0 Å². The van der Waals surface area contributed by atoms with Gasteiger partial charge in [0.1, 0.15) is 5.75 Å². The average Bonchev–Trinajstić information content (AvgIpc) is 3.37. The summed E-state index contributed by atoms with van der Waals surface area (Å²) in [4.78, 5) is 4.39. The molecule has 0 amide bonds. The van der Waals surface area contributed by atoms with Crippen LogP contribution in [0, 0.1) is 0 Å². The molecule has 1 fully saturated rings. The lowest BCUT2D eigenvalue weighted by molar-refractivity contribution is 0.334. The third kappa shape index (κ3) is 3.91. The quantitative estimate of drug-likeness (QED) is 0.673. The first-order valence-electron chi connectivity index (χ1n) is 9.72. The van der Waals surface area contributed by atoms with Gasteiger partial charge >= 0.3 is 0 Å². The fourth-order valence-corrected chi connectivity index (χ4v) is 4.13. The third-order valence-electron chi connectivity index (χ3n) is 5.70. The number of hydrogen-bond donors (Lipinski definition) is 1. The van der Waals surface area contributed by atoms with E-state index >= 15 is 0 Å². The van der Waals surface area contributed by atoms with Crippen LogP contribution in [-0.2, 0) is 18.6 Å². The van der Waals surface area contributed by atoms with Crippen molar-refractivity contribution >= 4 is 0 Å². The lowest BCUT2D eigenvalue weighted by Crippen LogP contribution is -2.39. The smallest absolute Gasteiger partial charge is 0.118 e. The molecule has 1 aliphatic rings. The molecule has 1 aromatic heterocycles. The van der Waals surface area contributed by atoms with E-state index < -0.39 is 0 Å². The molecular formula is C23H27N3O. The van der Waals surface area contributed by atoms with Gasteiger partial charge in [-0.3, -0.25) is 0 Å². The second-order valence-electron chi connectivity index (χ2n) is 7.37. The highest BCUT2D eigenvalue weighted by Gasteiger charge is 2.35. The van der Waals surface area contributed by atoms with Crippen molar-refractivity contribution in [2.45, 2.75) is 44.3 Å². The van der Waals surface area contributed by atoms with Crippen LogP contribution in [0.25, 0.3) is 0 Å². The van der Waals surface area contributed by atoms with E-state index in [0.29, 0.717) is 0 Å². The van der Waals surface area contributed by atoms with E-state index in [1.807, 2.05) is 12.5 Å². The second kappa shape index (κ2) is 7.97. The van der Waals surface area contributed by atoms with Crippen molar-refractivity contribution in [2.75, 3.05) is 7.11 Å². The Morgan fingerprint density at radius 3 is 2.48 bits per heavy atom. The van der Waals surface area contributed by atoms with E-state index in [4.69, 9.17) is 4.74 Å². The number of benzene rings is 2. The lowest BCUT2D eigenvalue weighted by Gasteiger charge is -2.31. The fourth-order valence-electron chi connectivity index (χ4n) is 4.13. The summed E-state index contributed by atoms with van der Waals surface area (Å²) in [5, 5.41) is 3.88. The molecule has 1 N–H and O–H groups in total. The SMILES string of the molecule is COc1ccc(C2(NCc3cncn3Cc3ccccc3)CCCC2)cc1. The second-order valence-corrected chi connectivity index (χ2v) is 7.37. The number of methoxy groups -OCH3 is 1. The van der Waals surface area contributed by atoms with Crippen LogP contribution in [0.1, 0.15) is 42.5 Å². The van der Waals surface area contributed by atoms with Gasteiger partial charge in [-0.05, 0) is 36.1 Å². The van der Waals surface area contributed by atoms with Crippen LogP contribution < -0.4 is 10.1 Å². The van der Waals surface area contributed by atoms with Gasteiger partial charge in [0.15, 0.2) is 0 Å². The van der Waals surface area contributed by atoms with Gasteiger partial charge in [0.25, 0.3) is 0 Å². The Labute approximate surface area is 161 Å². The van der Waals surface area contributed by atoms with Crippen molar-refractivity contribution < 1.29 is 4.74 Å². The summed E-state index contributed by atoms with van der Waals surface area (Å²) in [6, 6.07) is 19.1. The monoisotopic (exact) mass is 361 g/mol. The molecule has 0 radical (unpaired) electrons. The Hall–Kier alpha value is -2.59. The van der Waals surface area contributed by atoms with Gasteiger partial charge in [-0.25, -0.2) is 4.98 Å². The summed E-state index contributed by atoms with van der Waals surface area (Å²) in [6.07, 6.45) is 8.79. The molecule has 3 aromatic rings. The van der Waals surface area contributed by atoms with Gasteiger partial charge < -0.3 is 14.6 Å². The van der Waals surface area contributed by atoms with Crippen LogP contribution in [0.2, 0.25) is 0 Å². The number of nitrogens with one attached hydrogen (secondary N) is 1. The molecule has 0 atom stereocenters. The molecule has 0 bridgehead atoms. The molecular weight excluding hydrogens is 334 g/mol. The molecule has 4 nitrogen and oxygen atoms in total. The van der Waals surface area contributed by atoms with Gasteiger partial charge in [-0.15, -0.1) is 0 Å². The molecule has 0 saturated heterocycles. The van der Waals surface area contributed by atoms with E-state index in [-0.39, 0.29) is 5.54 Å². The number of imidazole rings is 1. The third-order valence-corrected chi connectivity index (χ3v) is 5.70. The maximum Gasteiger partial charge on any atom is 0.118 e. The highest BCUT2D eigenvalue weighted by molar-refractivity contribution is 5.33. The first-order valence-corrected chi connectivity index (χ1v) is 9.72. The molecule has 1 aliphatic carbocycles. The summed E-state index contributed by atoms with van der Waals surface area (Å²) in [5.74, 6) is 0.910. The van der Waals surface area contributed by atoms with Crippen molar-refractivity contribution in [1.82, 2.24) is 14.9 Å². The van der Waals surface area contributed by atoms with Crippen LogP contribution in [0.15, 0.2) is 67.1 Å². The van der Waals surface area contributed by atoms with Gasteiger partial charge in [0, 0.05) is 24.8 Å². The number of hydrogen-bond acceptors (Lipinski definition) is 3. The van der Waals surface area contributed by atoms with Crippen molar-refractivity contribution in [3.8, 4) is 5.75 Å². The topological polar surface area (TPSA) is 39.1 Å². The normalized spacial score (nSPS) is 15.7. The predicted molar refractivity (Wildman–Crippen MR) is 108 cm³/mol. The minimum Gasteiger partial charge on any atom is -0.497 e. The first-order chi connectivity index (χ1) is 13.3. The van der Waals surface area contributed by atoms with E-state index in [1.54, 1.807) is 7.11 Å². The van der Waals surface area contributed by atoms with Gasteiger partial charge in [-0.2, -0.15) is 0 Å². The standard InChI is InChI=1S/C23H27N3O/c1-27-22-11-9-20(10-12-22)23(13-5-6-14-23)25-16-21-15-24-18-26(21)17-19-7-3-2-4-8-19/h2-4,7-12,15,18,25H,5-6,13-14,16-17H2,1H3. The molecule has 4 rings (SSSR count). The van der Waals surface area contributed by atoms with E-state index in [1.165, 1.54) is 42.5 Å². The summed E-state index contributed by atoms with van der Waals surface area (Å²) in [6.45, 7) is 1.67. The number of nitrogens with zero attached hydrogens (tertiary/aromatic N) is 2. The van der Waals surface area contributed by atoms with E-state index in [0.717, 1.165) is 18.8 Å². The van der Waals surface area contributed by atoms with Crippen molar-refractivity contribution in [3.05, 3.63) is 83.9 Å². The largest absolute Gasteiger partial charge is 0.497 e. The molecule has 4 heteroatoms.